The fourth-order valence-corrected chi connectivity index (χ4v) is 1.18. The molecule has 0 spiro atoms. The van der Waals surface area contributed by atoms with Crippen molar-refractivity contribution < 1.29 is 5.11 Å². The van der Waals surface area contributed by atoms with E-state index in [1.807, 2.05) is 6.07 Å². The maximum Gasteiger partial charge on any atom is 0.159 e. The van der Waals surface area contributed by atoms with Crippen LogP contribution in [-0.4, -0.2) is 15.1 Å². The summed E-state index contributed by atoms with van der Waals surface area (Å²) in [6.45, 7) is 0.221. The lowest BCUT2D eigenvalue weighted by molar-refractivity contribution is 0.465. The molecule has 0 saturated heterocycles. The molecule has 0 aliphatic carbocycles. The number of hydrogen-bond donors (Lipinski definition) is 2. The number of hydrogen-bond acceptors (Lipinski definition) is 4. The number of fused-ring (bicyclic) bond motifs is 1. The summed E-state index contributed by atoms with van der Waals surface area (Å²) in [4.78, 5) is 8.16. The van der Waals surface area contributed by atoms with Crippen molar-refractivity contribution in [3.8, 4) is 5.75 Å². The van der Waals surface area contributed by atoms with Gasteiger partial charge in [0.05, 0.1) is 5.69 Å². The van der Waals surface area contributed by atoms with Crippen molar-refractivity contribution in [2.75, 3.05) is 0 Å². The largest absolute Gasteiger partial charge is 0.506 e. The van der Waals surface area contributed by atoms with Gasteiger partial charge in [-0.3, -0.25) is 0 Å². The van der Waals surface area contributed by atoms with Gasteiger partial charge in [0.2, 0.25) is 0 Å². The summed E-state index contributed by atoms with van der Waals surface area (Å²) in [7, 11) is 0. The summed E-state index contributed by atoms with van der Waals surface area (Å²) in [6.07, 6.45) is 1.66. The number of pyridine rings is 2. The Morgan fingerprint density at radius 3 is 3.08 bits per heavy atom. The number of nitrogens with two attached hydrogens (primary N) is 1. The second kappa shape index (κ2) is 2.99. The molecule has 0 amide bonds. The number of aromatic nitrogens is 2. The topological polar surface area (TPSA) is 72.0 Å². The van der Waals surface area contributed by atoms with E-state index in [0.29, 0.717) is 11.3 Å². The SMILES string of the molecule is NCc1nc2ncccc2cc1O. The van der Waals surface area contributed by atoms with E-state index in [9.17, 15) is 5.11 Å². The van der Waals surface area contributed by atoms with Crippen molar-refractivity contribution in [1.82, 2.24) is 9.97 Å². The van der Waals surface area contributed by atoms with Gasteiger partial charge in [0.25, 0.3) is 0 Å². The summed E-state index contributed by atoms with van der Waals surface area (Å²) in [6, 6.07) is 5.26. The summed E-state index contributed by atoms with van der Waals surface area (Å²) in [5.41, 5.74) is 6.48. The zero-order chi connectivity index (χ0) is 9.26. The van der Waals surface area contributed by atoms with Crippen molar-refractivity contribution in [1.29, 1.82) is 0 Å². The molecule has 0 aliphatic heterocycles. The molecule has 2 rings (SSSR count). The van der Waals surface area contributed by atoms with Gasteiger partial charge in [-0.2, -0.15) is 0 Å². The molecular formula is C9H9N3O. The third-order valence-corrected chi connectivity index (χ3v) is 1.84. The van der Waals surface area contributed by atoms with Gasteiger partial charge in [0.1, 0.15) is 5.75 Å². The molecule has 0 atom stereocenters. The molecule has 66 valence electrons. The van der Waals surface area contributed by atoms with Crippen LogP contribution in [0.5, 0.6) is 5.75 Å². The Morgan fingerprint density at radius 2 is 2.31 bits per heavy atom. The predicted octanol–water partition coefficient (Wildman–Crippen LogP) is 0.794. The molecule has 2 aromatic heterocycles. The molecule has 0 unspecified atom stereocenters. The van der Waals surface area contributed by atoms with Crippen LogP contribution in [0.2, 0.25) is 0 Å². The second-order valence-electron chi connectivity index (χ2n) is 2.71. The van der Waals surface area contributed by atoms with E-state index in [4.69, 9.17) is 5.73 Å². The Bertz CT molecular complexity index is 442. The van der Waals surface area contributed by atoms with Gasteiger partial charge < -0.3 is 10.8 Å². The Labute approximate surface area is 75.1 Å². The predicted molar refractivity (Wildman–Crippen MR) is 49.1 cm³/mol. The lowest BCUT2D eigenvalue weighted by atomic mass is 10.2. The van der Waals surface area contributed by atoms with Crippen LogP contribution in [0.15, 0.2) is 24.4 Å². The van der Waals surface area contributed by atoms with Crippen LogP contribution in [0, 0.1) is 0 Å². The fraction of sp³-hybridized carbons (Fsp3) is 0.111. The summed E-state index contributed by atoms with van der Waals surface area (Å²) in [5, 5.41) is 10.3. The van der Waals surface area contributed by atoms with Crippen molar-refractivity contribution in [3.63, 3.8) is 0 Å². The third-order valence-electron chi connectivity index (χ3n) is 1.84. The molecule has 4 heteroatoms. The Hall–Kier alpha value is -1.68. The Morgan fingerprint density at radius 1 is 1.46 bits per heavy atom. The molecule has 0 saturated carbocycles. The summed E-state index contributed by atoms with van der Waals surface area (Å²) >= 11 is 0. The summed E-state index contributed by atoms with van der Waals surface area (Å²) < 4.78 is 0. The minimum atomic E-state index is 0.128. The Balaban J connectivity index is 2.74. The molecular weight excluding hydrogens is 166 g/mol. The minimum Gasteiger partial charge on any atom is -0.506 e. The van der Waals surface area contributed by atoms with Gasteiger partial charge >= 0.3 is 0 Å². The van der Waals surface area contributed by atoms with E-state index < -0.39 is 0 Å². The first-order valence-electron chi connectivity index (χ1n) is 3.95. The van der Waals surface area contributed by atoms with Crippen LogP contribution in [0.25, 0.3) is 11.0 Å². The molecule has 0 fully saturated rings. The van der Waals surface area contributed by atoms with Crippen molar-refractivity contribution in [2.45, 2.75) is 6.54 Å². The quantitative estimate of drug-likeness (QED) is 0.672. The molecule has 0 aromatic carbocycles. The average Bonchev–Trinajstić information content (AvgIpc) is 2.17. The first-order chi connectivity index (χ1) is 6.31. The molecule has 2 aromatic rings. The van der Waals surface area contributed by atoms with E-state index in [-0.39, 0.29) is 12.3 Å². The van der Waals surface area contributed by atoms with Crippen LogP contribution < -0.4 is 5.73 Å². The van der Waals surface area contributed by atoms with Gasteiger partial charge in [0.15, 0.2) is 5.65 Å². The molecule has 3 N–H and O–H groups in total. The van der Waals surface area contributed by atoms with E-state index in [0.717, 1.165) is 5.39 Å². The average molecular weight is 175 g/mol. The molecule has 0 aliphatic rings. The highest BCUT2D eigenvalue weighted by Gasteiger charge is 2.03. The van der Waals surface area contributed by atoms with Gasteiger partial charge in [0, 0.05) is 18.1 Å². The highest BCUT2D eigenvalue weighted by Crippen LogP contribution is 2.19. The van der Waals surface area contributed by atoms with Crippen molar-refractivity contribution in [2.24, 2.45) is 5.73 Å². The zero-order valence-corrected chi connectivity index (χ0v) is 6.94. The first kappa shape index (κ1) is 7.94. The lowest BCUT2D eigenvalue weighted by Gasteiger charge is -2.01. The van der Waals surface area contributed by atoms with Crippen LogP contribution in [0.4, 0.5) is 0 Å². The van der Waals surface area contributed by atoms with Gasteiger partial charge in [-0.15, -0.1) is 0 Å². The normalized spacial score (nSPS) is 10.5. The first-order valence-corrected chi connectivity index (χ1v) is 3.95. The molecule has 4 nitrogen and oxygen atoms in total. The van der Waals surface area contributed by atoms with E-state index >= 15 is 0 Å². The van der Waals surface area contributed by atoms with Crippen molar-refractivity contribution >= 4 is 11.0 Å². The van der Waals surface area contributed by atoms with E-state index in [2.05, 4.69) is 9.97 Å². The summed E-state index contributed by atoms with van der Waals surface area (Å²) in [5.74, 6) is 0.128. The van der Waals surface area contributed by atoms with Crippen molar-refractivity contribution in [3.05, 3.63) is 30.1 Å². The van der Waals surface area contributed by atoms with Gasteiger partial charge in [-0.25, -0.2) is 9.97 Å². The van der Waals surface area contributed by atoms with E-state index in [1.54, 1.807) is 18.3 Å². The third kappa shape index (κ3) is 1.31. The lowest BCUT2D eigenvalue weighted by Crippen LogP contribution is -2.00. The van der Waals surface area contributed by atoms with Crippen LogP contribution in [0.3, 0.4) is 0 Å². The second-order valence-corrected chi connectivity index (χ2v) is 2.71. The van der Waals surface area contributed by atoms with Crippen LogP contribution in [-0.2, 0) is 6.54 Å². The molecule has 0 radical (unpaired) electrons. The number of aromatic hydroxyl groups is 1. The van der Waals surface area contributed by atoms with E-state index in [1.165, 1.54) is 0 Å². The smallest absolute Gasteiger partial charge is 0.159 e. The van der Waals surface area contributed by atoms with Crippen LogP contribution >= 0.6 is 0 Å². The monoisotopic (exact) mass is 175 g/mol. The molecule has 13 heavy (non-hydrogen) atoms. The van der Waals surface area contributed by atoms with Crippen LogP contribution in [0.1, 0.15) is 5.69 Å². The maximum absolute atomic E-state index is 9.44. The number of nitrogens with zero attached hydrogens (tertiary/aromatic N) is 2. The zero-order valence-electron chi connectivity index (χ0n) is 6.94. The molecule has 2 heterocycles. The Kier molecular flexibility index (Phi) is 1.83. The number of rotatable bonds is 1. The highest BCUT2D eigenvalue weighted by molar-refractivity contribution is 5.76. The minimum absolute atomic E-state index is 0.128. The van der Waals surface area contributed by atoms with Gasteiger partial charge in [-0.05, 0) is 18.2 Å². The standard InChI is InChI=1S/C9H9N3O/c10-5-7-8(13)4-6-2-1-3-11-9(6)12-7/h1-4,13H,5,10H2. The molecule has 0 bridgehead atoms. The van der Waals surface area contributed by atoms with Gasteiger partial charge in [-0.1, -0.05) is 0 Å². The highest BCUT2D eigenvalue weighted by atomic mass is 16.3. The fourth-order valence-electron chi connectivity index (χ4n) is 1.18. The maximum atomic E-state index is 9.44.